The van der Waals surface area contributed by atoms with Gasteiger partial charge in [0, 0.05) is 0 Å². The molecule has 0 bridgehead atoms. The van der Waals surface area contributed by atoms with Crippen LogP contribution in [0.4, 0.5) is 17.6 Å². The monoisotopic (exact) mass is 272 g/mol. The van der Waals surface area contributed by atoms with Crippen LogP contribution >= 0.6 is 12.0 Å². The highest BCUT2D eigenvalue weighted by atomic mass is 32.2. The lowest BCUT2D eigenvalue weighted by molar-refractivity contribution is -0.432. The van der Waals surface area contributed by atoms with Gasteiger partial charge in [0.25, 0.3) is 0 Å². The molecule has 1 aromatic carbocycles. The molecule has 0 aromatic heterocycles. The van der Waals surface area contributed by atoms with Gasteiger partial charge in [0.15, 0.2) is 29.1 Å². The summed E-state index contributed by atoms with van der Waals surface area (Å²) in [6.07, 6.45) is 0. The molecule has 4 nitrogen and oxygen atoms in total. The predicted octanol–water partition coefficient (Wildman–Crippen LogP) is 2.87. The van der Waals surface area contributed by atoms with E-state index in [0.717, 1.165) is 6.92 Å². The van der Waals surface area contributed by atoms with Gasteiger partial charge in [-0.3, -0.25) is 4.79 Å². The van der Waals surface area contributed by atoms with E-state index in [1.54, 1.807) is 0 Å². The molecular weight excluding hydrogens is 268 g/mol. The Morgan fingerprint density at radius 1 is 1.12 bits per heavy atom. The number of hydrogen-bond acceptors (Lipinski definition) is 5. The average Bonchev–Trinajstić information content (AvgIpc) is 2.26. The van der Waals surface area contributed by atoms with E-state index in [4.69, 9.17) is 5.26 Å². The predicted molar refractivity (Wildman–Crippen MR) is 46.9 cm³/mol. The van der Waals surface area contributed by atoms with E-state index in [-0.39, 0.29) is 12.0 Å². The van der Waals surface area contributed by atoms with Crippen molar-refractivity contribution in [3.05, 3.63) is 28.8 Å². The second-order valence-corrected chi connectivity index (χ2v) is 3.45. The first-order chi connectivity index (χ1) is 7.91. The molecule has 0 saturated heterocycles. The number of carbonyl (C=O) groups is 1. The zero-order chi connectivity index (χ0) is 13.2. The molecule has 0 heterocycles. The van der Waals surface area contributed by atoms with Crippen LogP contribution in [-0.2, 0) is 9.37 Å². The second-order valence-electron chi connectivity index (χ2n) is 2.74. The highest BCUT2D eigenvalue weighted by molar-refractivity contribution is 7.94. The van der Waals surface area contributed by atoms with Crippen molar-refractivity contribution in [2.24, 2.45) is 0 Å². The zero-order valence-electron chi connectivity index (χ0n) is 8.09. The molecule has 0 radical (unpaired) electrons. The normalized spacial score (nSPS) is 10.7. The van der Waals surface area contributed by atoms with E-state index in [1.807, 2.05) is 0 Å². The van der Waals surface area contributed by atoms with Crippen molar-refractivity contribution in [1.82, 2.24) is 0 Å². The first-order valence-corrected chi connectivity index (χ1v) is 4.67. The van der Waals surface area contributed by atoms with Crippen molar-refractivity contribution in [1.29, 1.82) is 0 Å². The van der Waals surface area contributed by atoms with Gasteiger partial charge in [0.1, 0.15) is 4.90 Å². The second kappa shape index (κ2) is 5.45. The Hall–Kier alpha value is -1.16. The maximum atomic E-state index is 13.2. The van der Waals surface area contributed by atoms with Gasteiger partial charge in [0.05, 0.1) is 17.6 Å². The van der Waals surface area contributed by atoms with Crippen molar-refractivity contribution in [3.8, 4) is 0 Å². The molecule has 1 rings (SSSR count). The fourth-order valence-electron chi connectivity index (χ4n) is 1.04. The van der Waals surface area contributed by atoms with Crippen LogP contribution in [0.25, 0.3) is 0 Å². The summed E-state index contributed by atoms with van der Waals surface area (Å²) in [6.45, 7) is 0.751. The molecule has 0 atom stereocenters. The third kappa shape index (κ3) is 2.57. The Bertz CT molecular complexity index is 436. The van der Waals surface area contributed by atoms with Gasteiger partial charge in [-0.05, 0) is 6.92 Å². The molecule has 0 aliphatic heterocycles. The summed E-state index contributed by atoms with van der Waals surface area (Å²) in [5.41, 5.74) is -1.32. The van der Waals surface area contributed by atoms with Crippen LogP contribution in [-0.4, -0.2) is 11.0 Å². The number of Topliss-reactive ketones (excluding diaryl/α,β-unsaturated/α-hetero) is 1. The molecule has 1 aromatic rings. The summed E-state index contributed by atoms with van der Waals surface area (Å²) in [6, 6.07) is 0. The van der Waals surface area contributed by atoms with E-state index >= 15 is 0 Å². The molecule has 0 amide bonds. The van der Waals surface area contributed by atoms with Gasteiger partial charge in [-0.1, -0.05) is 5.04 Å². The SMILES string of the molecule is CC(=O)c1c(F)c(F)c(SOOO)c(F)c1F. The third-order valence-corrected chi connectivity index (χ3v) is 2.38. The highest BCUT2D eigenvalue weighted by Crippen LogP contribution is 2.32. The first-order valence-electron chi connectivity index (χ1n) is 3.93. The van der Waals surface area contributed by atoms with Crippen molar-refractivity contribution in [2.45, 2.75) is 11.8 Å². The minimum Gasteiger partial charge on any atom is -0.294 e. The third-order valence-electron chi connectivity index (χ3n) is 1.72. The van der Waals surface area contributed by atoms with E-state index in [9.17, 15) is 22.4 Å². The number of ketones is 1. The minimum absolute atomic E-state index is 0.291. The minimum atomic E-state index is -1.85. The summed E-state index contributed by atoms with van der Waals surface area (Å²) in [7, 11) is 0. The zero-order valence-corrected chi connectivity index (χ0v) is 8.91. The van der Waals surface area contributed by atoms with Crippen LogP contribution in [0.2, 0.25) is 0 Å². The van der Waals surface area contributed by atoms with Crippen molar-refractivity contribution in [2.75, 3.05) is 0 Å². The Kier molecular flexibility index (Phi) is 4.46. The Balaban J connectivity index is 3.41. The average molecular weight is 272 g/mol. The maximum Gasteiger partial charge on any atom is 0.178 e. The molecule has 0 spiro atoms. The number of hydrogen-bond donors (Lipinski definition) is 1. The van der Waals surface area contributed by atoms with Crippen LogP contribution < -0.4 is 0 Å². The standard InChI is InChI=1S/C8H4F4O4S/c1-2(13)3-4(9)6(11)8(17-16-15-14)7(12)5(3)10/h14H,1H3. The Labute approximate surface area is 96.2 Å². The summed E-state index contributed by atoms with van der Waals surface area (Å²) in [5, 5.41) is 10.8. The molecule has 0 aliphatic rings. The van der Waals surface area contributed by atoms with E-state index in [2.05, 4.69) is 9.37 Å². The van der Waals surface area contributed by atoms with Gasteiger partial charge in [-0.15, -0.1) is 4.33 Å². The Morgan fingerprint density at radius 2 is 1.59 bits per heavy atom. The molecule has 0 unspecified atom stereocenters. The first kappa shape index (κ1) is 13.9. The molecule has 9 heteroatoms. The van der Waals surface area contributed by atoms with Crippen LogP contribution in [0.15, 0.2) is 4.90 Å². The van der Waals surface area contributed by atoms with E-state index < -0.39 is 39.5 Å². The van der Waals surface area contributed by atoms with Crippen molar-refractivity contribution < 1.29 is 37.0 Å². The lowest BCUT2D eigenvalue weighted by atomic mass is 10.1. The topological polar surface area (TPSA) is 55.8 Å². The maximum absolute atomic E-state index is 13.2. The number of benzene rings is 1. The molecule has 1 N–H and O–H groups in total. The Morgan fingerprint density at radius 3 is 1.94 bits per heavy atom. The van der Waals surface area contributed by atoms with E-state index in [1.165, 1.54) is 0 Å². The van der Waals surface area contributed by atoms with Crippen LogP contribution in [0.3, 0.4) is 0 Å². The smallest absolute Gasteiger partial charge is 0.178 e. The molecule has 0 fully saturated rings. The fraction of sp³-hybridized carbons (Fsp3) is 0.125. The molecule has 0 saturated carbocycles. The lowest BCUT2D eigenvalue weighted by Gasteiger charge is -2.07. The number of rotatable bonds is 4. The molecule has 0 aliphatic carbocycles. The van der Waals surface area contributed by atoms with Crippen molar-refractivity contribution >= 4 is 17.8 Å². The largest absolute Gasteiger partial charge is 0.294 e. The quantitative estimate of drug-likeness (QED) is 0.228. The van der Waals surface area contributed by atoms with Gasteiger partial charge < -0.3 is 0 Å². The fourth-order valence-corrected chi connectivity index (χ4v) is 1.47. The van der Waals surface area contributed by atoms with Gasteiger partial charge in [-0.2, -0.15) is 0 Å². The van der Waals surface area contributed by atoms with Gasteiger partial charge >= 0.3 is 0 Å². The summed E-state index contributed by atoms with van der Waals surface area (Å²) >= 11 is -0.291. The molecule has 17 heavy (non-hydrogen) atoms. The molecule has 94 valence electrons. The van der Waals surface area contributed by atoms with Gasteiger partial charge in [0.2, 0.25) is 0 Å². The van der Waals surface area contributed by atoms with Crippen molar-refractivity contribution in [3.63, 3.8) is 0 Å². The van der Waals surface area contributed by atoms with E-state index in [0.29, 0.717) is 0 Å². The number of halogens is 4. The van der Waals surface area contributed by atoms with Gasteiger partial charge in [-0.25, -0.2) is 22.8 Å². The lowest BCUT2D eigenvalue weighted by Crippen LogP contribution is -2.09. The van der Waals surface area contributed by atoms with Crippen LogP contribution in [0.5, 0.6) is 0 Å². The molecular formula is C8H4F4O4S. The van der Waals surface area contributed by atoms with Crippen LogP contribution in [0, 0.1) is 23.3 Å². The van der Waals surface area contributed by atoms with Crippen LogP contribution in [0.1, 0.15) is 17.3 Å². The summed E-state index contributed by atoms with van der Waals surface area (Å²) in [4.78, 5) is 9.58. The summed E-state index contributed by atoms with van der Waals surface area (Å²) < 4.78 is 56.5. The number of carbonyl (C=O) groups excluding carboxylic acids is 1. The summed E-state index contributed by atoms with van der Waals surface area (Å²) in [5.74, 6) is -8.51. The highest BCUT2D eigenvalue weighted by Gasteiger charge is 2.28.